The van der Waals surface area contributed by atoms with E-state index < -0.39 is 6.04 Å². The van der Waals surface area contributed by atoms with Gasteiger partial charge in [-0.15, -0.1) is 0 Å². The van der Waals surface area contributed by atoms with Crippen LogP contribution in [0.25, 0.3) is 10.9 Å². The summed E-state index contributed by atoms with van der Waals surface area (Å²) in [6.45, 7) is 0.300. The number of anilines is 1. The van der Waals surface area contributed by atoms with Crippen molar-refractivity contribution in [1.82, 2.24) is 25.0 Å². The van der Waals surface area contributed by atoms with Gasteiger partial charge < -0.3 is 20.3 Å². The number of nitrogens with zero attached hydrogens (tertiary/aromatic N) is 4. The molecule has 0 bridgehead atoms. The zero-order valence-electron chi connectivity index (χ0n) is 14.8. The second-order valence-corrected chi connectivity index (χ2v) is 6.29. The van der Waals surface area contributed by atoms with Crippen LogP contribution in [-0.4, -0.2) is 51.2 Å². The van der Waals surface area contributed by atoms with E-state index in [0.717, 1.165) is 5.52 Å². The van der Waals surface area contributed by atoms with Gasteiger partial charge in [0, 0.05) is 20.3 Å². The normalized spacial score (nSPS) is 16.4. The molecule has 9 nitrogen and oxygen atoms in total. The minimum atomic E-state index is -0.633. The molecule has 2 N–H and O–H groups in total. The average molecular weight is 366 g/mol. The van der Waals surface area contributed by atoms with Gasteiger partial charge in [0.2, 0.25) is 5.91 Å². The van der Waals surface area contributed by atoms with Crippen LogP contribution >= 0.6 is 0 Å². The van der Waals surface area contributed by atoms with Crippen LogP contribution in [0.15, 0.2) is 42.7 Å². The third-order valence-electron chi connectivity index (χ3n) is 4.36. The lowest BCUT2D eigenvalue weighted by atomic mass is 10.2. The highest BCUT2D eigenvalue weighted by Crippen LogP contribution is 2.34. The Kier molecular flexibility index (Phi) is 4.11. The molecule has 0 aliphatic carbocycles. The molecule has 1 saturated heterocycles. The Balaban J connectivity index is 1.67. The quantitative estimate of drug-likeness (QED) is 0.732. The van der Waals surface area contributed by atoms with E-state index in [1.165, 1.54) is 4.90 Å². The number of ether oxygens (including phenoxy) is 1. The first-order valence-corrected chi connectivity index (χ1v) is 8.39. The molecule has 2 aromatic heterocycles. The summed E-state index contributed by atoms with van der Waals surface area (Å²) in [5.74, 6) is 1.18. The monoisotopic (exact) mass is 366 g/mol. The number of rotatable bonds is 4. The molecule has 1 fully saturated rings. The summed E-state index contributed by atoms with van der Waals surface area (Å²) < 4.78 is 7.61. The zero-order valence-corrected chi connectivity index (χ0v) is 14.8. The molecule has 0 radical (unpaired) electrons. The fourth-order valence-electron chi connectivity index (χ4n) is 3.00. The smallest absolute Gasteiger partial charge is 0.317 e. The van der Waals surface area contributed by atoms with E-state index in [1.807, 2.05) is 12.1 Å². The number of hydrogen-bond acceptors (Lipinski definition) is 5. The molecule has 0 unspecified atom stereocenters. The Morgan fingerprint density at radius 3 is 2.85 bits per heavy atom. The second-order valence-electron chi connectivity index (χ2n) is 6.29. The second kappa shape index (κ2) is 6.60. The number of amides is 3. The molecule has 1 aromatic carbocycles. The van der Waals surface area contributed by atoms with Crippen LogP contribution in [-0.2, 0) is 11.8 Å². The van der Waals surface area contributed by atoms with Crippen molar-refractivity contribution >= 4 is 28.7 Å². The number of urea groups is 1. The zero-order chi connectivity index (χ0) is 19.0. The maximum atomic E-state index is 12.6. The highest BCUT2D eigenvalue weighted by Gasteiger charge is 2.32. The maximum Gasteiger partial charge on any atom is 0.317 e. The van der Waals surface area contributed by atoms with Crippen molar-refractivity contribution < 1.29 is 14.3 Å². The summed E-state index contributed by atoms with van der Waals surface area (Å²) in [6, 6.07) is 8.21. The molecule has 1 atom stereocenters. The lowest BCUT2D eigenvalue weighted by Crippen LogP contribution is -2.38. The predicted octanol–water partition coefficient (Wildman–Crippen LogP) is 1.72. The number of carbonyl (C=O) groups is 2. The van der Waals surface area contributed by atoms with Crippen molar-refractivity contribution in [3.8, 4) is 11.5 Å². The first kappa shape index (κ1) is 16.8. The van der Waals surface area contributed by atoms with Crippen LogP contribution in [0.1, 0.15) is 0 Å². The highest BCUT2D eigenvalue weighted by atomic mass is 16.5. The van der Waals surface area contributed by atoms with Crippen molar-refractivity contribution in [2.24, 2.45) is 7.05 Å². The van der Waals surface area contributed by atoms with E-state index in [9.17, 15) is 9.59 Å². The molecule has 3 aromatic rings. The topological polar surface area (TPSA) is 101 Å². The van der Waals surface area contributed by atoms with E-state index in [2.05, 4.69) is 20.7 Å². The largest absolute Gasteiger partial charge is 0.455 e. The highest BCUT2D eigenvalue weighted by molar-refractivity contribution is 6.05. The Morgan fingerprint density at radius 2 is 2.15 bits per heavy atom. The lowest BCUT2D eigenvalue weighted by molar-refractivity contribution is -0.117. The third kappa shape index (κ3) is 3.14. The average Bonchev–Trinajstić information content (AvgIpc) is 3.16. The maximum absolute atomic E-state index is 12.6. The summed E-state index contributed by atoms with van der Waals surface area (Å²) in [5, 5.41) is 10.5. The van der Waals surface area contributed by atoms with Gasteiger partial charge in [0.25, 0.3) is 0 Å². The number of hydrogen-bond donors (Lipinski definition) is 2. The first-order valence-electron chi connectivity index (χ1n) is 8.39. The van der Waals surface area contributed by atoms with E-state index in [0.29, 0.717) is 29.2 Å². The number of aromatic nitrogens is 3. The van der Waals surface area contributed by atoms with Gasteiger partial charge in [0.15, 0.2) is 5.82 Å². The molecule has 0 spiro atoms. The van der Waals surface area contributed by atoms with Crippen molar-refractivity contribution in [2.45, 2.75) is 6.04 Å². The van der Waals surface area contributed by atoms with E-state index >= 15 is 0 Å². The predicted molar refractivity (Wildman–Crippen MR) is 98.6 cm³/mol. The van der Waals surface area contributed by atoms with Gasteiger partial charge in [-0.05, 0) is 24.3 Å². The molecule has 3 amide bonds. The van der Waals surface area contributed by atoms with Crippen molar-refractivity contribution in [1.29, 1.82) is 0 Å². The van der Waals surface area contributed by atoms with Crippen LogP contribution in [0.2, 0.25) is 0 Å². The lowest BCUT2D eigenvalue weighted by Gasteiger charge is -2.10. The fraction of sp³-hybridized carbons (Fsp3) is 0.222. The number of fused-ring (bicyclic) bond motifs is 1. The van der Waals surface area contributed by atoms with Crippen molar-refractivity contribution in [3.63, 3.8) is 0 Å². The number of likely N-dealkylation sites (N-methyl/N-ethyl adjacent to an activating group) is 1. The minimum absolute atomic E-state index is 0.276. The number of carbonyl (C=O) groups excluding carboxylic acids is 2. The Bertz CT molecular complexity index is 1020. The molecule has 1 aliphatic heterocycles. The number of nitrogens with one attached hydrogen (secondary N) is 2. The van der Waals surface area contributed by atoms with E-state index in [4.69, 9.17) is 4.74 Å². The van der Waals surface area contributed by atoms with Crippen LogP contribution in [0, 0.1) is 0 Å². The number of aryl methyl sites for hydroxylation is 1. The van der Waals surface area contributed by atoms with Gasteiger partial charge in [-0.3, -0.25) is 14.5 Å². The molecule has 4 rings (SSSR count). The Labute approximate surface area is 154 Å². The van der Waals surface area contributed by atoms with Gasteiger partial charge >= 0.3 is 6.03 Å². The molecule has 3 heterocycles. The molecule has 27 heavy (non-hydrogen) atoms. The van der Waals surface area contributed by atoms with Crippen molar-refractivity contribution in [2.75, 3.05) is 18.9 Å². The molecular formula is C18H18N6O3. The molecular weight excluding hydrogens is 348 g/mol. The van der Waals surface area contributed by atoms with Gasteiger partial charge in [0.05, 0.1) is 23.6 Å². The Hall–Kier alpha value is -3.62. The van der Waals surface area contributed by atoms with Gasteiger partial charge in [-0.1, -0.05) is 6.07 Å². The third-order valence-corrected chi connectivity index (χ3v) is 4.36. The molecule has 138 valence electrons. The summed E-state index contributed by atoms with van der Waals surface area (Å²) in [7, 11) is 3.43. The molecule has 9 heteroatoms. The molecule has 0 saturated carbocycles. The van der Waals surface area contributed by atoms with Crippen LogP contribution < -0.4 is 15.4 Å². The summed E-state index contributed by atoms with van der Waals surface area (Å²) in [5.41, 5.74) is 0.805. The number of pyridine rings is 1. The first-order chi connectivity index (χ1) is 13.0. The fourth-order valence-corrected chi connectivity index (χ4v) is 3.00. The van der Waals surface area contributed by atoms with Crippen molar-refractivity contribution in [3.05, 3.63) is 42.7 Å². The molecule has 1 aliphatic rings. The summed E-state index contributed by atoms with van der Waals surface area (Å²) >= 11 is 0. The van der Waals surface area contributed by atoms with Crippen LogP contribution in [0.5, 0.6) is 11.5 Å². The number of benzene rings is 1. The van der Waals surface area contributed by atoms with Gasteiger partial charge in [-0.2, -0.15) is 5.10 Å². The Morgan fingerprint density at radius 1 is 1.30 bits per heavy atom. The van der Waals surface area contributed by atoms with Crippen LogP contribution in [0.4, 0.5) is 10.6 Å². The summed E-state index contributed by atoms with van der Waals surface area (Å²) in [4.78, 5) is 29.7. The van der Waals surface area contributed by atoms with E-state index in [-0.39, 0.29) is 11.9 Å². The summed E-state index contributed by atoms with van der Waals surface area (Å²) in [6.07, 6.45) is 3.27. The minimum Gasteiger partial charge on any atom is -0.455 e. The standard InChI is InChI=1S/C18H18N6O3/c1-23-10-12(20-18(23)26)17(25)21-16-15-13(24(2)22-16)6-3-7-14(15)27-11-5-4-8-19-9-11/h3-9,12H,10H2,1-2H3,(H,20,26)(H,21,22,25)/t12-/m0/s1. The SMILES string of the molecule is CN1C[C@@H](C(=O)Nc2nn(C)c3cccc(Oc4cccnc4)c23)NC1=O. The van der Waals surface area contributed by atoms with Gasteiger partial charge in [0.1, 0.15) is 17.5 Å². The van der Waals surface area contributed by atoms with E-state index in [1.54, 1.807) is 49.4 Å². The van der Waals surface area contributed by atoms with Crippen LogP contribution in [0.3, 0.4) is 0 Å². The van der Waals surface area contributed by atoms with Gasteiger partial charge in [-0.25, -0.2) is 4.79 Å².